The summed E-state index contributed by atoms with van der Waals surface area (Å²) in [6, 6.07) is 1.27. The fraction of sp³-hybridized carbons (Fsp3) is 0.455. The molecule has 0 spiro atoms. The van der Waals surface area contributed by atoms with Crippen LogP contribution >= 0.6 is 11.6 Å². The smallest absolute Gasteiger partial charge is 0.166 e. The van der Waals surface area contributed by atoms with Gasteiger partial charge in [-0.1, -0.05) is 11.6 Å². The van der Waals surface area contributed by atoms with E-state index in [0.717, 1.165) is 24.0 Å². The first-order valence-corrected chi connectivity index (χ1v) is 5.19. The Balaban J connectivity index is 2.68. The van der Waals surface area contributed by atoms with E-state index in [9.17, 15) is 4.39 Å². The van der Waals surface area contributed by atoms with Crippen molar-refractivity contribution in [2.45, 2.75) is 25.3 Å². The van der Waals surface area contributed by atoms with Crippen LogP contribution < -0.4 is 10.5 Å². The lowest BCUT2D eigenvalue weighted by Crippen LogP contribution is -2.21. The molecule has 1 aromatic rings. The van der Waals surface area contributed by atoms with Gasteiger partial charge >= 0.3 is 0 Å². The Morgan fingerprint density at radius 3 is 2.60 bits per heavy atom. The molecule has 0 saturated heterocycles. The van der Waals surface area contributed by atoms with Crippen molar-refractivity contribution in [3.8, 4) is 5.75 Å². The van der Waals surface area contributed by atoms with Crippen LogP contribution in [0.4, 0.5) is 4.39 Å². The Bertz CT molecular complexity index is 416. The van der Waals surface area contributed by atoms with Crippen LogP contribution in [-0.2, 0) is 5.54 Å². The first kappa shape index (κ1) is 10.7. The van der Waals surface area contributed by atoms with Gasteiger partial charge in [0.15, 0.2) is 11.6 Å². The van der Waals surface area contributed by atoms with E-state index in [0.29, 0.717) is 5.02 Å². The highest BCUT2D eigenvalue weighted by Gasteiger charge is 2.44. The van der Waals surface area contributed by atoms with Crippen molar-refractivity contribution in [2.75, 3.05) is 7.11 Å². The second-order valence-corrected chi connectivity index (χ2v) is 4.44. The number of halogens is 2. The van der Waals surface area contributed by atoms with Gasteiger partial charge in [-0.25, -0.2) is 4.39 Å². The third-order valence-corrected chi connectivity index (χ3v) is 3.31. The topological polar surface area (TPSA) is 35.2 Å². The minimum Gasteiger partial charge on any atom is -0.493 e. The van der Waals surface area contributed by atoms with Crippen molar-refractivity contribution in [2.24, 2.45) is 5.73 Å². The summed E-state index contributed by atoms with van der Waals surface area (Å²) in [6.45, 7) is 1.84. The molecule has 0 unspecified atom stereocenters. The Kier molecular flexibility index (Phi) is 2.40. The van der Waals surface area contributed by atoms with E-state index in [2.05, 4.69) is 0 Å². The molecule has 1 aliphatic rings. The highest BCUT2D eigenvalue weighted by Crippen LogP contribution is 2.49. The Morgan fingerprint density at radius 1 is 1.53 bits per heavy atom. The van der Waals surface area contributed by atoms with E-state index in [1.807, 2.05) is 6.92 Å². The Morgan fingerprint density at radius 2 is 2.13 bits per heavy atom. The highest BCUT2D eigenvalue weighted by atomic mass is 35.5. The number of nitrogens with two attached hydrogens (primary N) is 1. The normalized spacial score (nSPS) is 17.7. The minimum atomic E-state index is -0.445. The SMILES string of the molecule is COc1c(F)cc(Cl)c(C)c1C1(N)CC1. The van der Waals surface area contributed by atoms with E-state index < -0.39 is 11.4 Å². The summed E-state index contributed by atoms with van der Waals surface area (Å²) in [5.41, 5.74) is 7.17. The quantitative estimate of drug-likeness (QED) is 0.847. The number of hydrogen-bond acceptors (Lipinski definition) is 2. The van der Waals surface area contributed by atoms with Gasteiger partial charge in [-0.15, -0.1) is 0 Å². The molecular formula is C11H13ClFNO. The first-order valence-electron chi connectivity index (χ1n) is 4.81. The van der Waals surface area contributed by atoms with Gasteiger partial charge in [-0.05, 0) is 31.4 Å². The van der Waals surface area contributed by atoms with Crippen LogP contribution in [0.25, 0.3) is 0 Å². The summed E-state index contributed by atoms with van der Waals surface area (Å²) in [6.07, 6.45) is 1.70. The van der Waals surface area contributed by atoms with Crippen LogP contribution in [0, 0.1) is 12.7 Å². The molecule has 0 aromatic heterocycles. The number of methoxy groups -OCH3 is 1. The van der Waals surface area contributed by atoms with E-state index in [-0.39, 0.29) is 5.75 Å². The lowest BCUT2D eigenvalue weighted by Gasteiger charge is -2.18. The molecule has 0 atom stereocenters. The monoisotopic (exact) mass is 229 g/mol. The molecule has 82 valence electrons. The molecule has 2 rings (SSSR count). The maximum Gasteiger partial charge on any atom is 0.166 e. The summed E-state index contributed by atoms with van der Waals surface area (Å²) in [5.74, 6) is -0.211. The van der Waals surface area contributed by atoms with Crippen LogP contribution in [0.5, 0.6) is 5.75 Å². The standard InChI is InChI=1S/C11H13ClFNO/c1-6-7(12)5-8(13)10(15-2)9(6)11(14)3-4-11/h5H,3-4,14H2,1-2H3. The van der Waals surface area contributed by atoms with Gasteiger partial charge in [0.2, 0.25) is 0 Å². The van der Waals surface area contributed by atoms with Crippen LogP contribution in [0.3, 0.4) is 0 Å². The summed E-state index contributed by atoms with van der Waals surface area (Å²) >= 11 is 5.93. The van der Waals surface area contributed by atoms with Crippen molar-refractivity contribution in [1.82, 2.24) is 0 Å². The zero-order chi connectivity index (χ0) is 11.2. The third kappa shape index (κ3) is 1.60. The molecule has 0 amide bonds. The lowest BCUT2D eigenvalue weighted by molar-refractivity contribution is 0.376. The molecule has 2 N–H and O–H groups in total. The van der Waals surface area contributed by atoms with Crippen molar-refractivity contribution in [3.63, 3.8) is 0 Å². The average molecular weight is 230 g/mol. The number of benzene rings is 1. The molecule has 1 aliphatic carbocycles. The molecule has 0 heterocycles. The van der Waals surface area contributed by atoms with E-state index in [4.69, 9.17) is 22.1 Å². The lowest BCUT2D eigenvalue weighted by atomic mass is 9.98. The third-order valence-electron chi connectivity index (χ3n) is 2.92. The van der Waals surface area contributed by atoms with Gasteiger partial charge in [0.25, 0.3) is 0 Å². The summed E-state index contributed by atoms with van der Waals surface area (Å²) in [4.78, 5) is 0. The van der Waals surface area contributed by atoms with E-state index >= 15 is 0 Å². The van der Waals surface area contributed by atoms with E-state index in [1.54, 1.807) is 0 Å². The Labute approximate surface area is 93.2 Å². The molecular weight excluding hydrogens is 217 g/mol. The van der Waals surface area contributed by atoms with Crippen LogP contribution in [-0.4, -0.2) is 7.11 Å². The van der Waals surface area contributed by atoms with Gasteiger partial charge < -0.3 is 10.5 Å². The maximum atomic E-state index is 13.6. The van der Waals surface area contributed by atoms with Crippen LogP contribution in [0.2, 0.25) is 5.02 Å². The largest absolute Gasteiger partial charge is 0.493 e. The number of hydrogen-bond donors (Lipinski definition) is 1. The molecule has 0 aliphatic heterocycles. The van der Waals surface area contributed by atoms with Gasteiger partial charge in [0.05, 0.1) is 7.11 Å². The zero-order valence-corrected chi connectivity index (χ0v) is 9.49. The molecule has 4 heteroatoms. The number of ether oxygens (including phenoxy) is 1. The van der Waals surface area contributed by atoms with Crippen LogP contribution in [0.15, 0.2) is 6.07 Å². The summed E-state index contributed by atoms with van der Waals surface area (Å²) < 4.78 is 18.6. The molecule has 0 bridgehead atoms. The van der Waals surface area contributed by atoms with Crippen LogP contribution in [0.1, 0.15) is 24.0 Å². The van der Waals surface area contributed by atoms with E-state index in [1.165, 1.54) is 13.2 Å². The fourth-order valence-electron chi connectivity index (χ4n) is 1.88. The van der Waals surface area contributed by atoms with Crippen molar-refractivity contribution >= 4 is 11.6 Å². The number of rotatable bonds is 2. The fourth-order valence-corrected chi connectivity index (χ4v) is 2.07. The predicted octanol–water partition coefficient (Wildman–Crippen LogP) is 2.74. The molecule has 1 aromatic carbocycles. The van der Waals surface area contributed by atoms with Gasteiger partial charge in [0, 0.05) is 16.1 Å². The Hall–Kier alpha value is -0.800. The minimum absolute atomic E-state index is 0.233. The molecule has 2 nitrogen and oxygen atoms in total. The molecule has 1 saturated carbocycles. The highest BCUT2D eigenvalue weighted by molar-refractivity contribution is 6.31. The second kappa shape index (κ2) is 3.35. The van der Waals surface area contributed by atoms with Gasteiger partial charge in [0.1, 0.15) is 0 Å². The average Bonchev–Trinajstić information content (AvgIpc) is 2.90. The van der Waals surface area contributed by atoms with Gasteiger partial charge in [-0.2, -0.15) is 0 Å². The second-order valence-electron chi connectivity index (χ2n) is 4.03. The van der Waals surface area contributed by atoms with Crippen molar-refractivity contribution < 1.29 is 9.13 Å². The molecule has 1 fully saturated rings. The summed E-state index contributed by atoms with van der Waals surface area (Å²) in [5, 5.41) is 0.403. The predicted molar refractivity (Wildman–Crippen MR) is 57.8 cm³/mol. The molecule has 0 radical (unpaired) electrons. The van der Waals surface area contributed by atoms with Crippen molar-refractivity contribution in [3.05, 3.63) is 28.0 Å². The zero-order valence-electron chi connectivity index (χ0n) is 8.73. The molecule has 15 heavy (non-hydrogen) atoms. The van der Waals surface area contributed by atoms with Crippen molar-refractivity contribution in [1.29, 1.82) is 0 Å². The van der Waals surface area contributed by atoms with Gasteiger partial charge in [-0.3, -0.25) is 0 Å². The summed E-state index contributed by atoms with van der Waals surface area (Å²) in [7, 11) is 1.45. The maximum absolute atomic E-state index is 13.6. The first-order chi connectivity index (χ1) is 6.99.